The quantitative estimate of drug-likeness (QED) is 0.911. The zero-order valence-electron chi connectivity index (χ0n) is 12.3. The number of carbonyl (C=O) groups is 2. The molecule has 2 atom stereocenters. The van der Waals surface area contributed by atoms with Crippen LogP contribution in [-0.2, 0) is 11.2 Å². The van der Waals surface area contributed by atoms with Crippen molar-refractivity contribution in [3.05, 3.63) is 57.8 Å². The molecule has 0 fully saturated rings. The zero-order valence-corrected chi connectivity index (χ0v) is 13.2. The number of fused-ring (bicyclic) bond motifs is 1. The maximum Gasteiger partial charge on any atom is 0.252 e. The van der Waals surface area contributed by atoms with Gasteiger partial charge in [0.25, 0.3) is 5.91 Å². The largest absolute Gasteiger partial charge is 0.347 e. The number of rotatable bonds is 4. The fourth-order valence-corrected chi connectivity index (χ4v) is 3.53. The Hall–Kier alpha value is -2.14. The average molecular weight is 314 g/mol. The summed E-state index contributed by atoms with van der Waals surface area (Å²) in [5, 5.41) is 9.29. The first-order valence-electron chi connectivity index (χ1n) is 7.32. The van der Waals surface area contributed by atoms with E-state index in [2.05, 4.69) is 29.7 Å². The predicted octanol–water partition coefficient (Wildman–Crippen LogP) is 2.53. The lowest BCUT2D eigenvalue weighted by Crippen LogP contribution is -2.39. The number of hydrogen-bond donors (Lipinski definition) is 2. The topological polar surface area (TPSA) is 58.2 Å². The molecule has 5 heteroatoms. The van der Waals surface area contributed by atoms with Crippen LogP contribution in [0.4, 0.5) is 0 Å². The molecule has 2 amide bonds. The molecule has 2 N–H and O–H groups in total. The minimum atomic E-state index is -0.212. The van der Waals surface area contributed by atoms with Crippen LogP contribution in [0.1, 0.15) is 34.5 Å². The molecule has 22 heavy (non-hydrogen) atoms. The van der Waals surface area contributed by atoms with Gasteiger partial charge in [0.2, 0.25) is 5.91 Å². The summed E-state index contributed by atoms with van der Waals surface area (Å²) in [5.41, 5.74) is 3.08. The van der Waals surface area contributed by atoms with E-state index >= 15 is 0 Å². The highest BCUT2D eigenvalue weighted by Crippen LogP contribution is 2.35. The molecule has 1 aromatic carbocycles. The Kier molecular flexibility index (Phi) is 4.24. The smallest absolute Gasteiger partial charge is 0.252 e. The first-order valence-corrected chi connectivity index (χ1v) is 8.27. The summed E-state index contributed by atoms with van der Waals surface area (Å²) in [6.07, 6.45) is 0.975. The third-order valence-corrected chi connectivity index (χ3v) is 4.69. The molecule has 0 saturated carbocycles. The third kappa shape index (κ3) is 3.04. The van der Waals surface area contributed by atoms with Gasteiger partial charge in [-0.15, -0.1) is 0 Å². The molecule has 3 rings (SSSR count). The Balaban J connectivity index is 1.57. The van der Waals surface area contributed by atoms with Crippen molar-refractivity contribution in [1.82, 2.24) is 10.6 Å². The van der Waals surface area contributed by atoms with Crippen molar-refractivity contribution in [3.63, 3.8) is 0 Å². The van der Waals surface area contributed by atoms with Gasteiger partial charge in [0.05, 0.1) is 12.6 Å². The van der Waals surface area contributed by atoms with E-state index in [1.807, 2.05) is 17.5 Å². The van der Waals surface area contributed by atoms with Gasteiger partial charge in [-0.1, -0.05) is 31.2 Å². The number of nitrogens with one attached hydrogen (secondary N) is 2. The van der Waals surface area contributed by atoms with Crippen molar-refractivity contribution in [1.29, 1.82) is 0 Å². The van der Waals surface area contributed by atoms with Crippen LogP contribution in [0.5, 0.6) is 0 Å². The minimum Gasteiger partial charge on any atom is -0.347 e. The minimum absolute atomic E-state index is 0.0000664. The first-order chi connectivity index (χ1) is 10.6. The van der Waals surface area contributed by atoms with Crippen LogP contribution in [0.2, 0.25) is 0 Å². The SMILES string of the molecule is C[C@H]1Cc2ccccc2[C@H]1NC(=O)CNC(=O)c1ccsc1. The maximum atomic E-state index is 12.1. The third-order valence-electron chi connectivity index (χ3n) is 4.01. The van der Waals surface area contributed by atoms with Gasteiger partial charge in [-0.25, -0.2) is 0 Å². The molecule has 2 aromatic rings. The molecule has 0 saturated heterocycles. The fourth-order valence-electron chi connectivity index (χ4n) is 2.90. The highest BCUT2D eigenvalue weighted by Gasteiger charge is 2.30. The van der Waals surface area contributed by atoms with Crippen LogP contribution in [-0.4, -0.2) is 18.4 Å². The van der Waals surface area contributed by atoms with Crippen molar-refractivity contribution in [2.75, 3.05) is 6.54 Å². The van der Waals surface area contributed by atoms with E-state index in [1.54, 1.807) is 11.4 Å². The molecule has 1 aliphatic carbocycles. The Labute approximate surface area is 133 Å². The Morgan fingerprint density at radius 1 is 1.27 bits per heavy atom. The number of thiophene rings is 1. The molecular formula is C17H18N2O2S. The number of benzene rings is 1. The highest BCUT2D eigenvalue weighted by atomic mass is 32.1. The zero-order chi connectivity index (χ0) is 15.5. The number of amides is 2. The van der Waals surface area contributed by atoms with E-state index in [4.69, 9.17) is 0 Å². The predicted molar refractivity (Wildman–Crippen MR) is 86.8 cm³/mol. The summed E-state index contributed by atoms with van der Waals surface area (Å²) in [4.78, 5) is 23.9. The second kappa shape index (κ2) is 6.32. The van der Waals surface area contributed by atoms with Crippen molar-refractivity contribution in [2.45, 2.75) is 19.4 Å². The molecule has 1 heterocycles. The van der Waals surface area contributed by atoms with Crippen LogP contribution in [0, 0.1) is 5.92 Å². The van der Waals surface area contributed by atoms with Crippen LogP contribution in [0.25, 0.3) is 0 Å². The lowest BCUT2D eigenvalue weighted by molar-refractivity contribution is -0.121. The summed E-state index contributed by atoms with van der Waals surface area (Å²) in [6, 6.07) is 9.96. The number of carbonyl (C=O) groups excluding carboxylic acids is 2. The Bertz CT molecular complexity index is 682. The van der Waals surface area contributed by atoms with Crippen LogP contribution >= 0.6 is 11.3 Å². The van der Waals surface area contributed by atoms with Crippen molar-refractivity contribution < 1.29 is 9.59 Å². The van der Waals surface area contributed by atoms with E-state index in [0.717, 1.165) is 6.42 Å². The van der Waals surface area contributed by atoms with Crippen molar-refractivity contribution >= 4 is 23.2 Å². The van der Waals surface area contributed by atoms with Crippen molar-refractivity contribution in [2.24, 2.45) is 5.92 Å². The first kappa shape index (κ1) is 14.8. The normalized spacial score (nSPS) is 19.5. The standard InChI is InChI=1S/C17H18N2O2S/c1-11-8-12-4-2-3-5-14(12)16(11)19-15(20)9-18-17(21)13-6-7-22-10-13/h2-7,10-11,16H,8-9H2,1H3,(H,18,21)(H,19,20)/t11-,16-/m0/s1. The van der Waals surface area contributed by atoms with Gasteiger partial charge in [0, 0.05) is 10.9 Å². The lowest BCUT2D eigenvalue weighted by atomic mass is 10.0. The molecular weight excluding hydrogens is 296 g/mol. The van der Waals surface area contributed by atoms with E-state index in [0.29, 0.717) is 11.5 Å². The Morgan fingerprint density at radius 3 is 2.86 bits per heavy atom. The van der Waals surface area contributed by atoms with E-state index in [-0.39, 0.29) is 24.4 Å². The van der Waals surface area contributed by atoms with Gasteiger partial charge in [0.15, 0.2) is 0 Å². The molecule has 114 valence electrons. The molecule has 0 unspecified atom stereocenters. The van der Waals surface area contributed by atoms with Gasteiger partial charge >= 0.3 is 0 Å². The average Bonchev–Trinajstić information content (AvgIpc) is 3.14. The van der Waals surface area contributed by atoms with Gasteiger partial charge in [0.1, 0.15) is 0 Å². The summed E-state index contributed by atoms with van der Waals surface area (Å²) in [5.74, 6) is 0.00216. The van der Waals surface area contributed by atoms with Gasteiger partial charge < -0.3 is 10.6 Å². The maximum absolute atomic E-state index is 12.1. The van der Waals surface area contributed by atoms with E-state index < -0.39 is 0 Å². The second-order valence-corrected chi connectivity index (χ2v) is 6.40. The highest BCUT2D eigenvalue weighted by molar-refractivity contribution is 7.08. The summed E-state index contributed by atoms with van der Waals surface area (Å²) < 4.78 is 0. The summed E-state index contributed by atoms with van der Waals surface area (Å²) in [6.45, 7) is 2.13. The van der Waals surface area contributed by atoms with Crippen molar-refractivity contribution in [3.8, 4) is 0 Å². The molecule has 0 bridgehead atoms. The molecule has 4 nitrogen and oxygen atoms in total. The summed E-state index contributed by atoms with van der Waals surface area (Å²) in [7, 11) is 0. The summed E-state index contributed by atoms with van der Waals surface area (Å²) >= 11 is 1.46. The van der Waals surface area contributed by atoms with E-state index in [9.17, 15) is 9.59 Å². The van der Waals surface area contributed by atoms with Gasteiger partial charge in [-0.3, -0.25) is 9.59 Å². The van der Waals surface area contributed by atoms with Crippen LogP contribution in [0.15, 0.2) is 41.1 Å². The second-order valence-electron chi connectivity index (χ2n) is 5.62. The molecule has 0 radical (unpaired) electrons. The lowest BCUT2D eigenvalue weighted by Gasteiger charge is -2.19. The fraction of sp³-hybridized carbons (Fsp3) is 0.294. The Morgan fingerprint density at radius 2 is 2.09 bits per heavy atom. The van der Waals surface area contributed by atoms with Gasteiger partial charge in [-0.2, -0.15) is 11.3 Å². The van der Waals surface area contributed by atoms with Gasteiger partial charge in [-0.05, 0) is 34.9 Å². The molecule has 0 spiro atoms. The monoisotopic (exact) mass is 314 g/mol. The van der Waals surface area contributed by atoms with Crippen LogP contribution in [0.3, 0.4) is 0 Å². The van der Waals surface area contributed by atoms with Crippen LogP contribution < -0.4 is 10.6 Å². The molecule has 0 aliphatic heterocycles. The van der Waals surface area contributed by atoms with E-state index in [1.165, 1.54) is 22.5 Å². The molecule has 1 aliphatic rings. The molecule has 1 aromatic heterocycles. The number of hydrogen-bond acceptors (Lipinski definition) is 3.